The average Bonchev–Trinajstić information content (AvgIpc) is 2.63. The van der Waals surface area contributed by atoms with Crippen LogP contribution in [-0.2, 0) is 19.5 Å². The number of rotatable bonds is 3. The van der Waals surface area contributed by atoms with Crippen LogP contribution in [-0.4, -0.2) is 27.5 Å². The van der Waals surface area contributed by atoms with Gasteiger partial charge in [0, 0.05) is 36.1 Å². The summed E-state index contributed by atoms with van der Waals surface area (Å²) in [4.78, 5) is 29.6. The highest BCUT2D eigenvalue weighted by Gasteiger charge is 2.22. The molecule has 2 aromatic carbocycles. The average molecular weight is 334 g/mol. The summed E-state index contributed by atoms with van der Waals surface area (Å²) < 4.78 is 0. The number of H-pyrrole nitrogens is 1. The minimum absolute atomic E-state index is 0.0115. The molecular formula is C20H18N2O3. The van der Waals surface area contributed by atoms with Crippen molar-refractivity contribution in [2.75, 3.05) is 6.54 Å². The van der Waals surface area contributed by atoms with Crippen molar-refractivity contribution < 1.29 is 9.90 Å². The number of benzene rings is 2. The van der Waals surface area contributed by atoms with Crippen molar-refractivity contribution in [2.24, 2.45) is 0 Å². The molecule has 5 heteroatoms. The number of aromatic nitrogens is 1. The van der Waals surface area contributed by atoms with Crippen LogP contribution in [0.15, 0.2) is 53.3 Å². The number of hydrogen-bond donors (Lipinski definition) is 2. The Balaban J connectivity index is 1.74. The van der Waals surface area contributed by atoms with Crippen LogP contribution < -0.4 is 5.43 Å². The molecule has 1 aliphatic heterocycles. The van der Waals surface area contributed by atoms with Gasteiger partial charge in [0.15, 0.2) is 5.43 Å². The van der Waals surface area contributed by atoms with Gasteiger partial charge < -0.3 is 10.1 Å². The summed E-state index contributed by atoms with van der Waals surface area (Å²) in [5, 5.41) is 10.1. The van der Waals surface area contributed by atoms with Gasteiger partial charge in [-0.05, 0) is 29.7 Å². The smallest absolute Gasteiger partial charge is 0.352 e. The first kappa shape index (κ1) is 15.6. The summed E-state index contributed by atoms with van der Waals surface area (Å²) in [5.74, 6) is -1.10. The van der Waals surface area contributed by atoms with Crippen LogP contribution in [0, 0.1) is 0 Å². The maximum absolute atomic E-state index is 12.9. The molecule has 0 unspecified atom stereocenters. The first-order valence-corrected chi connectivity index (χ1v) is 8.30. The Hall–Kier alpha value is -2.92. The minimum Gasteiger partial charge on any atom is -0.477 e. The molecule has 1 aliphatic rings. The number of nitrogens with zero attached hydrogens (tertiary/aromatic N) is 1. The topological polar surface area (TPSA) is 73.4 Å². The fourth-order valence-electron chi connectivity index (χ4n) is 3.52. The number of aromatic amines is 1. The van der Waals surface area contributed by atoms with E-state index in [-0.39, 0.29) is 11.1 Å². The molecule has 126 valence electrons. The second-order valence-electron chi connectivity index (χ2n) is 6.39. The van der Waals surface area contributed by atoms with Crippen molar-refractivity contribution in [2.45, 2.75) is 19.5 Å². The molecule has 0 bridgehead atoms. The Morgan fingerprint density at radius 1 is 1.08 bits per heavy atom. The molecule has 25 heavy (non-hydrogen) atoms. The van der Waals surface area contributed by atoms with Crippen molar-refractivity contribution in [1.82, 2.24) is 9.88 Å². The zero-order chi connectivity index (χ0) is 17.4. The van der Waals surface area contributed by atoms with Crippen LogP contribution in [0.3, 0.4) is 0 Å². The first-order chi connectivity index (χ1) is 12.1. The number of fused-ring (bicyclic) bond motifs is 2. The Labute approximate surface area is 144 Å². The fraction of sp³-hybridized carbons (Fsp3) is 0.200. The molecule has 0 spiro atoms. The number of carboxylic acid groups (broad SMARTS) is 1. The lowest BCUT2D eigenvalue weighted by Crippen LogP contribution is -2.33. The van der Waals surface area contributed by atoms with Crippen molar-refractivity contribution in [3.63, 3.8) is 0 Å². The van der Waals surface area contributed by atoms with E-state index in [1.165, 1.54) is 11.1 Å². The van der Waals surface area contributed by atoms with E-state index in [1.807, 2.05) is 12.1 Å². The Bertz CT molecular complexity index is 1020. The quantitative estimate of drug-likeness (QED) is 0.772. The first-order valence-electron chi connectivity index (χ1n) is 8.30. The third-order valence-corrected chi connectivity index (χ3v) is 4.81. The van der Waals surface area contributed by atoms with E-state index in [4.69, 9.17) is 0 Å². The van der Waals surface area contributed by atoms with E-state index < -0.39 is 5.97 Å². The highest BCUT2D eigenvalue weighted by Crippen LogP contribution is 2.21. The van der Waals surface area contributed by atoms with Gasteiger partial charge in [0.1, 0.15) is 5.69 Å². The maximum atomic E-state index is 12.9. The summed E-state index contributed by atoms with van der Waals surface area (Å²) in [6.07, 6.45) is 0.907. The molecule has 0 aliphatic carbocycles. The SMILES string of the molecule is O=C(O)c1[nH]c2ccccc2c(=O)c1CN1CCc2ccccc2C1. The summed E-state index contributed by atoms with van der Waals surface area (Å²) in [5.41, 5.74) is 3.23. The molecule has 0 saturated carbocycles. The van der Waals surface area contributed by atoms with Gasteiger partial charge in [-0.2, -0.15) is 0 Å². The third-order valence-electron chi connectivity index (χ3n) is 4.81. The zero-order valence-electron chi connectivity index (χ0n) is 13.7. The summed E-state index contributed by atoms with van der Waals surface area (Å²) in [6.45, 7) is 1.86. The summed E-state index contributed by atoms with van der Waals surface area (Å²) in [6, 6.07) is 15.3. The number of hydrogen-bond acceptors (Lipinski definition) is 3. The number of nitrogens with one attached hydrogen (secondary N) is 1. The Morgan fingerprint density at radius 3 is 2.60 bits per heavy atom. The van der Waals surface area contributed by atoms with Gasteiger partial charge in [0.05, 0.1) is 0 Å². The maximum Gasteiger partial charge on any atom is 0.352 e. The molecule has 0 radical (unpaired) electrons. The van der Waals surface area contributed by atoms with Crippen molar-refractivity contribution in [3.05, 3.63) is 81.1 Å². The molecule has 1 aromatic heterocycles. The highest BCUT2D eigenvalue weighted by atomic mass is 16.4. The molecule has 2 N–H and O–H groups in total. The van der Waals surface area contributed by atoms with Crippen LogP contribution in [0.2, 0.25) is 0 Å². The largest absolute Gasteiger partial charge is 0.477 e. The van der Waals surface area contributed by atoms with Crippen molar-refractivity contribution >= 4 is 16.9 Å². The lowest BCUT2D eigenvalue weighted by molar-refractivity contribution is 0.0688. The molecule has 0 saturated heterocycles. The van der Waals surface area contributed by atoms with E-state index in [1.54, 1.807) is 24.3 Å². The van der Waals surface area contributed by atoms with Crippen LogP contribution in [0.4, 0.5) is 0 Å². The molecule has 0 fully saturated rings. The van der Waals surface area contributed by atoms with Gasteiger partial charge in [-0.3, -0.25) is 9.69 Å². The predicted octanol–water partition coefficient (Wildman–Crippen LogP) is 2.78. The fourth-order valence-corrected chi connectivity index (χ4v) is 3.52. The Morgan fingerprint density at radius 2 is 1.80 bits per heavy atom. The third kappa shape index (κ3) is 2.83. The van der Waals surface area contributed by atoms with Crippen molar-refractivity contribution in [1.29, 1.82) is 0 Å². The molecular weight excluding hydrogens is 316 g/mol. The van der Waals surface area contributed by atoms with E-state index in [2.05, 4.69) is 22.0 Å². The molecule has 0 amide bonds. The Kier molecular flexibility index (Phi) is 3.86. The number of para-hydroxylation sites is 1. The zero-order valence-corrected chi connectivity index (χ0v) is 13.7. The van der Waals surface area contributed by atoms with Gasteiger partial charge >= 0.3 is 5.97 Å². The van der Waals surface area contributed by atoms with E-state index in [0.717, 1.165) is 19.5 Å². The van der Waals surface area contributed by atoms with Crippen LogP contribution in [0.25, 0.3) is 10.9 Å². The molecule has 3 aromatic rings. The highest BCUT2D eigenvalue weighted by molar-refractivity contribution is 5.91. The number of pyridine rings is 1. The summed E-state index contributed by atoms with van der Waals surface area (Å²) >= 11 is 0. The lowest BCUT2D eigenvalue weighted by Gasteiger charge is -2.28. The molecule has 5 nitrogen and oxygen atoms in total. The van der Waals surface area contributed by atoms with Gasteiger partial charge in [0.2, 0.25) is 0 Å². The summed E-state index contributed by atoms with van der Waals surface area (Å²) in [7, 11) is 0. The van der Waals surface area contributed by atoms with Gasteiger partial charge in [-0.1, -0.05) is 36.4 Å². The van der Waals surface area contributed by atoms with Gasteiger partial charge in [-0.25, -0.2) is 4.79 Å². The van der Waals surface area contributed by atoms with Crippen molar-refractivity contribution in [3.8, 4) is 0 Å². The normalized spacial score (nSPS) is 14.4. The van der Waals surface area contributed by atoms with Crippen LogP contribution >= 0.6 is 0 Å². The molecule has 4 rings (SSSR count). The van der Waals surface area contributed by atoms with Crippen LogP contribution in [0.1, 0.15) is 27.2 Å². The van der Waals surface area contributed by atoms with E-state index in [0.29, 0.717) is 23.0 Å². The second kappa shape index (κ2) is 6.18. The predicted molar refractivity (Wildman–Crippen MR) is 95.8 cm³/mol. The number of carboxylic acids is 1. The van der Waals surface area contributed by atoms with E-state index >= 15 is 0 Å². The monoisotopic (exact) mass is 334 g/mol. The van der Waals surface area contributed by atoms with Crippen LogP contribution in [0.5, 0.6) is 0 Å². The second-order valence-corrected chi connectivity index (χ2v) is 6.39. The number of aromatic carboxylic acids is 1. The number of carbonyl (C=O) groups is 1. The minimum atomic E-state index is -1.10. The van der Waals surface area contributed by atoms with Gasteiger partial charge in [-0.15, -0.1) is 0 Å². The van der Waals surface area contributed by atoms with Gasteiger partial charge in [0.25, 0.3) is 0 Å². The molecule has 2 heterocycles. The lowest BCUT2D eigenvalue weighted by atomic mass is 9.99. The van der Waals surface area contributed by atoms with E-state index in [9.17, 15) is 14.7 Å². The molecule has 0 atom stereocenters. The standard InChI is InChI=1S/C20H18N2O3/c23-19-15-7-3-4-8-17(15)21-18(20(24)25)16(19)12-22-10-9-13-5-1-2-6-14(13)11-22/h1-8H,9-12H2,(H,21,23)(H,24,25).